The maximum atomic E-state index is 12.8. The first-order valence-corrected chi connectivity index (χ1v) is 10.5. The molecular formula is C22H23N3O2S. The number of carbonyl (C=O) groups excluding carboxylic acids is 1. The van der Waals surface area contributed by atoms with Crippen molar-refractivity contribution < 1.29 is 4.79 Å². The molecule has 6 heteroatoms. The second-order valence-electron chi connectivity index (χ2n) is 7.19. The summed E-state index contributed by atoms with van der Waals surface area (Å²) in [4.78, 5) is 26.2. The van der Waals surface area contributed by atoms with Crippen molar-refractivity contribution in [2.24, 2.45) is 5.92 Å². The van der Waals surface area contributed by atoms with Crippen LogP contribution in [0.5, 0.6) is 0 Å². The summed E-state index contributed by atoms with van der Waals surface area (Å²) >= 11 is 1.67. The number of amides is 1. The summed E-state index contributed by atoms with van der Waals surface area (Å²) in [5.41, 5.74) is 1.32. The van der Waals surface area contributed by atoms with Crippen molar-refractivity contribution in [1.82, 2.24) is 15.1 Å². The summed E-state index contributed by atoms with van der Waals surface area (Å²) in [6.07, 6.45) is 4.68. The van der Waals surface area contributed by atoms with Gasteiger partial charge >= 0.3 is 0 Å². The summed E-state index contributed by atoms with van der Waals surface area (Å²) in [6, 6.07) is 16.9. The Morgan fingerprint density at radius 1 is 1.11 bits per heavy atom. The molecule has 0 saturated heterocycles. The predicted molar refractivity (Wildman–Crippen MR) is 111 cm³/mol. The van der Waals surface area contributed by atoms with E-state index in [-0.39, 0.29) is 24.1 Å². The Balaban J connectivity index is 1.52. The van der Waals surface area contributed by atoms with Gasteiger partial charge in [-0.15, -0.1) is 11.3 Å². The van der Waals surface area contributed by atoms with Crippen molar-refractivity contribution in [1.29, 1.82) is 0 Å². The molecule has 0 radical (unpaired) electrons. The van der Waals surface area contributed by atoms with Gasteiger partial charge in [0.2, 0.25) is 5.91 Å². The average Bonchev–Trinajstić information content (AvgIpc) is 3.43. The van der Waals surface area contributed by atoms with Gasteiger partial charge in [-0.2, -0.15) is 5.10 Å². The van der Waals surface area contributed by atoms with Crippen LogP contribution < -0.4 is 10.9 Å². The Bertz CT molecular complexity index is 977. The highest BCUT2D eigenvalue weighted by Crippen LogP contribution is 2.37. The topological polar surface area (TPSA) is 64.0 Å². The first-order valence-electron chi connectivity index (χ1n) is 9.67. The lowest BCUT2D eigenvalue weighted by Crippen LogP contribution is -2.37. The highest BCUT2D eigenvalue weighted by atomic mass is 32.1. The Morgan fingerprint density at radius 2 is 1.89 bits per heavy atom. The molecule has 2 heterocycles. The van der Waals surface area contributed by atoms with Crippen LogP contribution in [0.2, 0.25) is 0 Å². The van der Waals surface area contributed by atoms with E-state index in [1.54, 1.807) is 17.4 Å². The predicted octanol–water partition coefficient (Wildman–Crippen LogP) is 4.02. The molecule has 4 rings (SSSR count). The SMILES string of the molecule is O=C(Cn1nc(-c2ccccc2)ccc1=O)N[C@H](c1cccs1)C1CCCC1. The summed E-state index contributed by atoms with van der Waals surface area (Å²) < 4.78 is 1.25. The number of aromatic nitrogens is 2. The number of nitrogens with one attached hydrogen (secondary N) is 1. The fraction of sp³-hybridized carbons (Fsp3) is 0.318. The van der Waals surface area contributed by atoms with Crippen LogP contribution in [0.15, 0.2) is 64.8 Å². The third-order valence-corrected chi connectivity index (χ3v) is 6.22. The van der Waals surface area contributed by atoms with Crippen molar-refractivity contribution >= 4 is 17.2 Å². The van der Waals surface area contributed by atoms with Crippen LogP contribution in [0.1, 0.15) is 36.6 Å². The van der Waals surface area contributed by atoms with E-state index in [9.17, 15) is 9.59 Å². The molecule has 1 fully saturated rings. The van der Waals surface area contributed by atoms with Crippen LogP contribution in [0.25, 0.3) is 11.3 Å². The number of carbonyl (C=O) groups is 1. The fourth-order valence-electron chi connectivity index (χ4n) is 3.86. The molecule has 1 aromatic carbocycles. The van der Waals surface area contributed by atoms with Crippen molar-refractivity contribution in [3.63, 3.8) is 0 Å². The molecule has 2 aromatic heterocycles. The Labute approximate surface area is 168 Å². The van der Waals surface area contributed by atoms with Crippen LogP contribution in [0.4, 0.5) is 0 Å². The summed E-state index contributed by atoms with van der Waals surface area (Å²) in [6.45, 7) is -0.0753. The molecule has 28 heavy (non-hydrogen) atoms. The zero-order valence-electron chi connectivity index (χ0n) is 15.6. The molecule has 0 aliphatic heterocycles. The minimum absolute atomic E-state index is 0.0167. The van der Waals surface area contributed by atoms with Crippen molar-refractivity contribution in [2.45, 2.75) is 38.3 Å². The average molecular weight is 394 g/mol. The van der Waals surface area contributed by atoms with E-state index in [4.69, 9.17) is 0 Å². The normalized spacial score (nSPS) is 15.4. The third-order valence-electron chi connectivity index (χ3n) is 5.27. The maximum Gasteiger partial charge on any atom is 0.267 e. The van der Waals surface area contributed by atoms with E-state index >= 15 is 0 Å². The Kier molecular flexibility index (Phi) is 5.67. The maximum absolute atomic E-state index is 12.8. The zero-order valence-corrected chi connectivity index (χ0v) is 16.4. The van der Waals surface area contributed by atoms with Gasteiger partial charge in [0.25, 0.3) is 5.56 Å². The van der Waals surface area contributed by atoms with Gasteiger partial charge in [0, 0.05) is 16.5 Å². The van der Waals surface area contributed by atoms with Crippen LogP contribution in [-0.4, -0.2) is 15.7 Å². The number of hydrogen-bond donors (Lipinski definition) is 1. The smallest absolute Gasteiger partial charge is 0.267 e. The second kappa shape index (κ2) is 8.52. The summed E-state index contributed by atoms with van der Waals surface area (Å²) in [5.74, 6) is 0.285. The van der Waals surface area contributed by atoms with E-state index in [0.717, 1.165) is 18.4 Å². The van der Waals surface area contributed by atoms with Crippen molar-refractivity contribution in [2.75, 3.05) is 0 Å². The number of thiophene rings is 1. The lowest BCUT2D eigenvalue weighted by atomic mass is 9.96. The van der Waals surface area contributed by atoms with Crippen LogP contribution in [-0.2, 0) is 11.3 Å². The highest BCUT2D eigenvalue weighted by Gasteiger charge is 2.28. The van der Waals surface area contributed by atoms with Gasteiger partial charge in [0.1, 0.15) is 6.54 Å². The van der Waals surface area contributed by atoms with Crippen molar-refractivity contribution in [3.05, 3.63) is 75.2 Å². The molecule has 5 nitrogen and oxygen atoms in total. The third kappa shape index (κ3) is 4.22. The lowest BCUT2D eigenvalue weighted by Gasteiger charge is -2.24. The van der Waals surface area contributed by atoms with E-state index in [1.807, 2.05) is 41.8 Å². The molecule has 1 amide bonds. The molecule has 3 aromatic rings. The fourth-order valence-corrected chi connectivity index (χ4v) is 4.73. The monoisotopic (exact) mass is 393 g/mol. The van der Waals surface area contributed by atoms with E-state index in [1.165, 1.54) is 28.5 Å². The summed E-state index contributed by atoms with van der Waals surface area (Å²) in [5, 5.41) is 9.60. The quantitative estimate of drug-likeness (QED) is 0.688. The summed E-state index contributed by atoms with van der Waals surface area (Å²) in [7, 11) is 0. The van der Waals surface area contributed by atoms with Gasteiger partial charge in [-0.3, -0.25) is 9.59 Å². The molecule has 144 valence electrons. The van der Waals surface area contributed by atoms with E-state index in [0.29, 0.717) is 11.6 Å². The van der Waals surface area contributed by atoms with Gasteiger partial charge in [-0.1, -0.05) is 49.2 Å². The van der Waals surface area contributed by atoms with Gasteiger partial charge in [-0.25, -0.2) is 4.68 Å². The van der Waals surface area contributed by atoms with Gasteiger partial charge < -0.3 is 5.32 Å². The molecule has 0 bridgehead atoms. The minimum atomic E-state index is -0.275. The molecular weight excluding hydrogens is 370 g/mol. The molecule has 0 unspecified atom stereocenters. The number of hydrogen-bond acceptors (Lipinski definition) is 4. The number of benzene rings is 1. The van der Waals surface area contributed by atoms with Crippen molar-refractivity contribution in [3.8, 4) is 11.3 Å². The molecule has 1 aliphatic carbocycles. The first kappa shape index (κ1) is 18.6. The lowest BCUT2D eigenvalue weighted by molar-refractivity contribution is -0.123. The van der Waals surface area contributed by atoms with E-state index in [2.05, 4.69) is 16.5 Å². The van der Waals surface area contributed by atoms with Crippen LogP contribution >= 0.6 is 11.3 Å². The number of rotatable bonds is 6. The molecule has 1 atom stereocenters. The number of nitrogens with zero attached hydrogens (tertiary/aromatic N) is 2. The molecule has 0 spiro atoms. The Hall–Kier alpha value is -2.73. The van der Waals surface area contributed by atoms with Gasteiger partial charge in [0.05, 0.1) is 11.7 Å². The van der Waals surface area contributed by atoms with Crippen LogP contribution in [0.3, 0.4) is 0 Å². The minimum Gasteiger partial charge on any atom is -0.347 e. The van der Waals surface area contributed by atoms with Crippen LogP contribution in [0, 0.1) is 5.92 Å². The highest BCUT2D eigenvalue weighted by molar-refractivity contribution is 7.10. The second-order valence-corrected chi connectivity index (χ2v) is 8.16. The Morgan fingerprint density at radius 3 is 2.61 bits per heavy atom. The molecule has 1 saturated carbocycles. The standard InChI is InChI=1S/C22H23N3O2S/c26-20(23-22(17-9-4-5-10-17)19-11-6-14-28-19)15-25-21(27)13-12-18(24-25)16-7-2-1-3-8-16/h1-3,6-8,11-14,17,22H,4-5,9-10,15H2,(H,23,26)/t22-/m0/s1. The molecule has 1 N–H and O–H groups in total. The largest absolute Gasteiger partial charge is 0.347 e. The van der Waals surface area contributed by atoms with Gasteiger partial charge in [-0.05, 0) is 36.3 Å². The molecule has 1 aliphatic rings. The zero-order chi connectivity index (χ0) is 19.3. The van der Waals surface area contributed by atoms with E-state index < -0.39 is 0 Å². The van der Waals surface area contributed by atoms with Gasteiger partial charge in [0.15, 0.2) is 0 Å². The first-order chi connectivity index (χ1) is 13.7.